The van der Waals surface area contributed by atoms with Crippen LogP contribution in [0.3, 0.4) is 0 Å². The number of nitrogens with zero attached hydrogens (tertiary/aromatic N) is 2. The molecule has 2 N–H and O–H groups in total. The second kappa shape index (κ2) is 12.5. The van der Waals surface area contributed by atoms with Gasteiger partial charge in [-0.3, -0.25) is 24.1 Å². The Morgan fingerprint density at radius 1 is 1.12 bits per heavy atom. The van der Waals surface area contributed by atoms with E-state index in [1.54, 1.807) is 29.2 Å². The zero-order valence-electron chi connectivity index (χ0n) is 20.2. The van der Waals surface area contributed by atoms with E-state index in [9.17, 15) is 19.2 Å². The molecule has 34 heavy (non-hydrogen) atoms. The van der Waals surface area contributed by atoms with Gasteiger partial charge in [0.15, 0.2) is 0 Å². The Balaban J connectivity index is 1.52. The minimum absolute atomic E-state index is 0.0118. The molecule has 1 aromatic rings. The molecule has 2 saturated heterocycles. The predicted octanol–water partition coefficient (Wildman–Crippen LogP) is 2.03. The molecule has 1 unspecified atom stereocenters. The molecular formula is C25H36N4O5. The quantitative estimate of drug-likeness (QED) is 0.421. The molecule has 1 atom stereocenters. The number of carbonyl (C=O) groups is 4. The summed E-state index contributed by atoms with van der Waals surface area (Å²) in [5, 5.41) is 5.57. The van der Waals surface area contributed by atoms with Gasteiger partial charge in [0.1, 0.15) is 6.04 Å². The zero-order chi connectivity index (χ0) is 24.5. The van der Waals surface area contributed by atoms with Gasteiger partial charge in [-0.15, -0.1) is 0 Å². The predicted molar refractivity (Wildman–Crippen MR) is 128 cm³/mol. The highest BCUT2D eigenvalue weighted by Gasteiger charge is 2.33. The lowest BCUT2D eigenvalue weighted by Crippen LogP contribution is -2.57. The summed E-state index contributed by atoms with van der Waals surface area (Å²) < 4.78 is 5.18. The van der Waals surface area contributed by atoms with E-state index < -0.39 is 12.0 Å². The zero-order valence-corrected chi connectivity index (χ0v) is 20.2. The average Bonchev–Trinajstić information content (AvgIpc) is 2.82. The topological polar surface area (TPSA) is 108 Å². The van der Waals surface area contributed by atoms with E-state index in [-0.39, 0.29) is 30.7 Å². The van der Waals surface area contributed by atoms with Crippen molar-refractivity contribution in [2.24, 2.45) is 5.92 Å². The Bertz CT molecular complexity index is 865. The summed E-state index contributed by atoms with van der Waals surface area (Å²) in [6.45, 7) is 6.95. The van der Waals surface area contributed by atoms with Crippen molar-refractivity contribution in [3.05, 3.63) is 29.8 Å². The Morgan fingerprint density at radius 3 is 2.50 bits per heavy atom. The number of benzene rings is 1. The smallest absolute Gasteiger partial charge is 0.307 e. The number of carbonyl (C=O) groups excluding carboxylic acids is 4. The van der Waals surface area contributed by atoms with Crippen molar-refractivity contribution in [2.75, 3.05) is 44.6 Å². The standard InChI is InChI=1S/C25H36N4O5/c1-3-4-15-34-23(31)16-21-24(32)26-11-14-29(21)17-22(30)27-20-7-5-19(6-8-20)25(33)28-12-9-18(2)10-13-28/h5-8,18,21H,3-4,9-17H2,1-2H3,(H,26,32)(H,27,30). The summed E-state index contributed by atoms with van der Waals surface area (Å²) in [7, 11) is 0. The average molecular weight is 473 g/mol. The van der Waals surface area contributed by atoms with Crippen molar-refractivity contribution < 1.29 is 23.9 Å². The number of hydrogen-bond donors (Lipinski definition) is 2. The van der Waals surface area contributed by atoms with Gasteiger partial charge >= 0.3 is 5.97 Å². The molecular weight excluding hydrogens is 436 g/mol. The first-order chi connectivity index (χ1) is 16.4. The lowest BCUT2D eigenvalue weighted by Gasteiger charge is -2.33. The molecule has 0 aliphatic carbocycles. The molecule has 2 heterocycles. The fourth-order valence-corrected chi connectivity index (χ4v) is 4.20. The van der Waals surface area contributed by atoms with Crippen molar-refractivity contribution in [3.63, 3.8) is 0 Å². The highest BCUT2D eigenvalue weighted by Crippen LogP contribution is 2.19. The summed E-state index contributed by atoms with van der Waals surface area (Å²) in [6, 6.07) is 6.13. The SMILES string of the molecule is CCCCOC(=O)CC1C(=O)NCCN1CC(=O)Nc1ccc(C(=O)N2CCC(C)CC2)cc1. The first-order valence-electron chi connectivity index (χ1n) is 12.2. The van der Waals surface area contributed by atoms with Gasteiger partial charge in [-0.2, -0.15) is 0 Å². The van der Waals surface area contributed by atoms with Gasteiger partial charge in [0.25, 0.3) is 5.91 Å². The fraction of sp³-hybridized carbons (Fsp3) is 0.600. The molecule has 3 rings (SSSR count). The number of hydrogen-bond acceptors (Lipinski definition) is 6. The van der Waals surface area contributed by atoms with Crippen LogP contribution in [0.2, 0.25) is 0 Å². The molecule has 0 bridgehead atoms. The summed E-state index contributed by atoms with van der Waals surface area (Å²) in [4.78, 5) is 53.4. The van der Waals surface area contributed by atoms with Crippen LogP contribution in [0.25, 0.3) is 0 Å². The Morgan fingerprint density at radius 2 is 1.82 bits per heavy atom. The third-order valence-corrected chi connectivity index (χ3v) is 6.40. The lowest BCUT2D eigenvalue weighted by molar-refractivity contribution is -0.149. The number of piperazine rings is 1. The number of rotatable bonds is 9. The van der Waals surface area contributed by atoms with Crippen LogP contribution in [0.4, 0.5) is 5.69 Å². The van der Waals surface area contributed by atoms with E-state index in [2.05, 4.69) is 17.6 Å². The molecule has 2 aliphatic rings. The second-order valence-corrected chi connectivity index (χ2v) is 9.16. The minimum atomic E-state index is -0.735. The Labute approximate surface area is 201 Å². The highest BCUT2D eigenvalue weighted by molar-refractivity contribution is 5.96. The van der Waals surface area contributed by atoms with Crippen molar-refractivity contribution in [2.45, 2.75) is 52.0 Å². The molecule has 0 radical (unpaired) electrons. The molecule has 9 nitrogen and oxygen atoms in total. The highest BCUT2D eigenvalue weighted by atomic mass is 16.5. The Kier molecular flexibility index (Phi) is 9.44. The number of likely N-dealkylation sites (tertiary alicyclic amines) is 1. The number of ether oxygens (including phenoxy) is 1. The molecule has 2 fully saturated rings. The van der Waals surface area contributed by atoms with Gasteiger partial charge in [-0.05, 0) is 49.4 Å². The van der Waals surface area contributed by atoms with Crippen LogP contribution in [0.15, 0.2) is 24.3 Å². The van der Waals surface area contributed by atoms with E-state index in [0.717, 1.165) is 38.8 Å². The number of nitrogens with one attached hydrogen (secondary N) is 2. The first-order valence-corrected chi connectivity index (χ1v) is 12.2. The number of unbranched alkanes of at least 4 members (excludes halogenated alkanes) is 1. The van der Waals surface area contributed by atoms with E-state index >= 15 is 0 Å². The van der Waals surface area contributed by atoms with Gasteiger partial charge in [-0.1, -0.05) is 20.3 Å². The maximum atomic E-state index is 12.7. The van der Waals surface area contributed by atoms with E-state index in [4.69, 9.17) is 4.74 Å². The summed E-state index contributed by atoms with van der Waals surface area (Å²) in [5.41, 5.74) is 1.17. The van der Waals surface area contributed by atoms with Crippen molar-refractivity contribution in [1.82, 2.24) is 15.1 Å². The van der Waals surface area contributed by atoms with Crippen molar-refractivity contribution in [1.29, 1.82) is 0 Å². The molecule has 1 aromatic carbocycles. The molecule has 9 heteroatoms. The van der Waals surface area contributed by atoms with Crippen LogP contribution in [0.1, 0.15) is 56.3 Å². The van der Waals surface area contributed by atoms with E-state index in [1.807, 2.05) is 11.8 Å². The van der Waals surface area contributed by atoms with Crippen molar-refractivity contribution >= 4 is 29.4 Å². The van der Waals surface area contributed by atoms with Gasteiger partial charge in [0.2, 0.25) is 11.8 Å². The van der Waals surface area contributed by atoms with Crippen LogP contribution in [0.5, 0.6) is 0 Å². The fourth-order valence-electron chi connectivity index (χ4n) is 4.20. The van der Waals surface area contributed by atoms with Crippen LogP contribution >= 0.6 is 0 Å². The minimum Gasteiger partial charge on any atom is -0.466 e. The number of amides is 3. The lowest BCUT2D eigenvalue weighted by atomic mass is 9.98. The molecule has 0 saturated carbocycles. The molecule has 3 amide bonds. The third-order valence-electron chi connectivity index (χ3n) is 6.40. The van der Waals surface area contributed by atoms with Crippen LogP contribution < -0.4 is 10.6 Å². The van der Waals surface area contributed by atoms with Crippen LogP contribution in [-0.4, -0.2) is 78.9 Å². The van der Waals surface area contributed by atoms with Gasteiger partial charge in [0.05, 0.1) is 19.6 Å². The van der Waals surface area contributed by atoms with E-state index in [1.165, 1.54) is 0 Å². The first kappa shape index (κ1) is 25.7. The monoisotopic (exact) mass is 472 g/mol. The number of esters is 1. The van der Waals surface area contributed by atoms with Crippen LogP contribution in [-0.2, 0) is 19.1 Å². The largest absolute Gasteiger partial charge is 0.466 e. The molecule has 2 aliphatic heterocycles. The second-order valence-electron chi connectivity index (χ2n) is 9.16. The van der Waals surface area contributed by atoms with Gasteiger partial charge in [0, 0.05) is 37.4 Å². The summed E-state index contributed by atoms with van der Waals surface area (Å²) in [6.07, 6.45) is 3.64. The molecule has 0 aromatic heterocycles. The van der Waals surface area contributed by atoms with Gasteiger partial charge < -0.3 is 20.3 Å². The maximum Gasteiger partial charge on any atom is 0.307 e. The molecule has 186 valence electrons. The third kappa shape index (κ3) is 7.28. The summed E-state index contributed by atoms with van der Waals surface area (Å²) >= 11 is 0. The van der Waals surface area contributed by atoms with Crippen molar-refractivity contribution in [3.8, 4) is 0 Å². The van der Waals surface area contributed by atoms with E-state index in [0.29, 0.717) is 36.9 Å². The summed E-state index contributed by atoms with van der Waals surface area (Å²) in [5.74, 6) is -0.342. The Hall–Kier alpha value is -2.94. The maximum absolute atomic E-state index is 12.7. The van der Waals surface area contributed by atoms with Gasteiger partial charge in [-0.25, -0.2) is 0 Å². The number of piperidine rings is 1. The number of anilines is 1. The molecule has 0 spiro atoms. The van der Waals surface area contributed by atoms with Crippen LogP contribution in [0, 0.1) is 5.92 Å². The normalized spacial score (nSPS) is 19.4.